The van der Waals surface area contributed by atoms with E-state index in [1.807, 2.05) is 12.1 Å². The van der Waals surface area contributed by atoms with Gasteiger partial charge in [0, 0.05) is 36.0 Å². The number of rotatable bonds is 7. The highest BCUT2D eigenvalue weighted by Crippen LogP contribution is 2.65. The first-order valence-electron chi connectivity index (χ1n) is 10.1. The van der Waals surface area contributed by atoms with Gasteiger partial charge in [0.15, 0.2) is 5.78 Å². The molecule has 0 bridgehead atoms. The lowest BCUT2D eigenvalue weighted by Gasteiger charge is -2.09. The van der Waals surface area contributed by atoms with Crippen LogP contribution in [0.25, 0.3) is 0 Å². The average Bonchev–Trinajstić information content (AvgIpc) is 3.39. The standard InChI is InChI=1S/C24H16Cl6N2O2/c25-16-5-4-14(10-15(16)19(33)6-3-12-2-1-7-31-11-12)32-23(34)21-20(24(21,29)30)13-8-17(26)22(28)18(27)9-13/h1-2,4-5,7-11,20-21H,3,6H2,(H,32,34). The maximum absolute atomic E-state index is 13.0. The molecule has 1 fully saturated rings. The number of hydrogen-bond donors (Lipinski definition) is 1. The minimum absolute atomic E-state index is 0.149. The number of alkyl halides is 2. The van der Waals surface area contributed by atoms with Crippen molar-refractivity contribution >= 4 is 87.0 Å². The van der Waals surface area contributed by atoms with Crippen LogP contribution in [-0.2, 0) is 11.2 Å². The molecule has 2 atom stereocenters. The van der Waals surface area contributed by atoms with E-state index in [1.54, 1.807) is 42.7 Å². The average molecular weight is 577 g/mol. The van der Waals surface area contributed by atoms with Gasteiger partial charge in [-0.25, -0.2) is 0 Å². The summed E-state index contributed by atoms with van der Waals surface area (Å²) in [5.41, 5.74) is 2.27. The van der Waals surface area contributed by atoms with E-state index >= 15 is 0 Å². The minimum atomic E-state index is -1.35. The Balaban J connectivity index is 1.47. The van der Waals surface area contributed by atoms with Crippen LogP contribution in [0.3, 0.4) is 0 Å². The first-order chi connectivity index (χ1) is 16.1. The number of carbonyl (C=O) groups excluding carboxylic acids is 2. The van der Waals surface area contributed by atoms with Gasteiger partial charge < -0.3 is 5.32 Å². The maximum Gasteiger partial charge on any atom is 0.231 e. The second-order valence-electron chi connectivity index (χ2n) is 7.90. The zero-order valence-electron chi connectivity index (χ0n) is 17.3. The summed E-state index contributed by atoms with van der Waals surface area (Å²) >= 11 is 37.3. The molecule has 1 N–H and O–H groups in total. The number of halogens is 6. The van der Waals surface area contributed by atoms with Crippen LogP contribution in [-0.4, -0.2) is 21.0 Å². The topological polar surface area (TPSA) is 59.1 Å². The molecule has 2 unspecified atom stereocenters. The molecule has 1 aromatic heterocycles. The molecule has 1 aliphatic carbocycles. The molecule has 0 saturated heterocycles. The van der Waals surface area contributed by atoms with Crippen LogP contribution in [0, 0.1) is 5.92 Å². The monoisotopic (exact) mass is 574 g/mol. The molecular formula is C24H16Cl6N2O2. The molecule has 10 heteroatoms. The number of nitrogens with zero attached hydrogens (tertiary/aromatic N) is 1. The van der Waals surface area contributed by atoms with E-state index in [0.717, 1.165) is 5.56 Å². The first-order valence-corrected chi connectivity index (χ1v) is 12.4. The van der Waals surface area contributed by atoms with Crippen LogP contribution in [0.15, 0.2) is 54.9 Å². The Morgan fingerprint density at radius 2 is 1.68 bits per heavy atom. The fourth-order valence-electron chi connectivity index (χ4n) is 3.80. The summed E-state index contributed by atoms with van der Waals surface area (Å²) in [6.07, 6.45) is 4.16. The molecule has 4 nitrogen and oxygen atoms in total. The first kappa shape index (κ1) is 25.6. The summed E-state index contributed by atoms with van der Waals surface area (Å²) in [4.78, 5) is 29.8. The van der Waals surface area contributed by atoms with Gasteiger partial charge in [0.25, 0.3) is 0 Å². The summed E-state index contributed by atoms with van der Waals surface area (Å²) in [5, 5.41) is 3.77. The van der Waals surface area contributed by atoms with E-state index in [9.17, 15) is 9.59 Å². The normalized spacial score (nSPS) is 18.4. The van der Waals surface area contributed by atoms with Crippen molar-refractivity contribution < 1.29 is 9.59 Å². The van der Waals surface area contributed by atoms with Gasteiger partial charge in [0.2, 0.25) is 5.91 Å². The quantitative estimate of drug-likeness (QED) is 0.176. The molecule has 176 valence electrons. The number of Topliss-reactive ketones (excluding diaryl/α,β-unsaturated/α-hetero) is 1. The Hall–Kier alpha value is -1.53. The van der Waals surface area contributed by atoms with E-state index < -0.39 is 22.1 Å². The lowest BCUT2D eigenvalue weighted by atomic mass is 10.0. The summed E-state index contributed by atoms with van der Waals surface area (Å²) in [5.74, 6) is -1.85. The van der Waals surface area contributed by atoms with Crippen LogP contribution in [0.1, 0.15) is 33.8 Å². The molecular weight excluding hydrogens is 561 g/mol. The number of anilines is 1. The number of amides is 1. The zero-order valence-corrected chi connectivity index (χ0v) is 21.8. The van der Waals surface area contributed by atoms with Gasteiger partial charge in [-0.05, 0) is 53.9 Å². The van der Waals surface area contributed by atoms with Gasteiger partial charge in [-0.2, -0.15) is 0 Å². The lowest BCUT2D eigenvalue weighted by molar-refractivity contribution is -0.117. The van der Waals surface area contributed by atoms with Gasteiger partial charge in [-0.3, -0.25) is 14.6 Å². The van der Waals surface area contributed by atoms with Crippen LogP contribution in [0.5, 0.6) is 0 Å². The van der Waals surface area contributed by atoms with Crippen molar-refractivity contribution in [2.45, 2.75) is 23.1 Å². The number of hydrogen-bond acceptors (Lipinski definition) is 3. The van der Waals surface area contributed by atoms with E-state index in [1.165, 1.54) is 0 Å². The molecule has 0 spiro atoms. The molecule has 0 aliphatic heterocycles. The molecule has 3 aromatic rings. The van der Waals surface area contributed by atoms with Crippen molar-refractivity contribution in [1.82, 2.24) is 4.98 Å². The van der Waals surface area contributed by atoms with Crippen molar-refractivity contribution in [2.24, 2.45) is 5.92 Å². The Morgan fingerprint density at radius 1 is 0.971 bits per heavy atom. The highest BCUT2D eigenvalue weighted by atomic mass is 35.5. The predicted octanol–water partition coefficient (Wildman–Crippen LogP) is 8.04. The number of ketones is 1. The molecule has 2 aromatic carbocycles. The third-order valence-corrected chi connectivity index (χ3v) is 8.07. The molecule has 1 amide bonds. The summed E-state index contributed by atoms with van der Waals surface area (Å²) in [6, 6.07) is 11.6. The van der Waals surface area contributed by atoms with Gasteiger partial charge in [-0.1, -0.05) is 52.5 Å². The molecule has 1 heterocycles. The zero-order chi connectivity index (χ0) is 24.6. The van der Waals surface area contributed by atoms with Gasteiger partial charge in [0.1, 0.15) is 4.33 Å². The van der Waals surface area contributed by atoms with E-state index in [4.69, 9.17) is 69.6 Å². The van der Waals surface area contributed by atoms with Crippen molar-refractivity contribution in [1.29, 1.82) is 0 Å². The van der Waals surface area contributed by atoms with Gasteiger partial charge in [0.05, 0.1) is 26.0 Å². The van der Waals surface area contributed by atoms with Crippen molar-refractivity contribution in [2.75, 3.05) is 5.32 Å². The second kappa shape index (κ2) is 10.2. The third-order valence-electron chi connectivity index (χ3n) is 5.60. The molecule has 34 heavy (non-hydrogen) atoms. The second-order valence-corrected chi connectivity index (χ2v) is 10.9. The highest BCUT2D eigenvalue weighted by Gasteiger charge is 2.67. The number of pyridine rings is 1. The summed E-state index contributed by atoms with van der Waals surface area (Å²) < 4.78 is -1.35. The largest absolute Gasteiger partial charge is 0.326 e. The SMILES string of the molecule is O=C(CCc1cccnc1)c1cc(NC(=O)C2C(c3cc(Cl)c(Cl)c(Cl)c3)C2(Cl)Cl)ccc1Cl. The van der Waals surface area contributed by atoms with E-state index in [2.05, 4.69) is 10.3 Å². The van der Waals surface area contributed by atoms with Crippen LogP contribution >= 0.6 is 69.6 Å². The molecule has 1 aliphatic rings. The highest BCUT2D eigenvalue weighted by molar-refractivity contribution is 6.54. The fraction of sp³-hybridized carbons (Fsp3) is 0.208. The minimum Gasteiger partial charge on any atom is -0.326 e. The van der Waals surface area contributed by atoms with Crippen LogP contribution in [0.4, 0.5) is 5.69 Å². The predicted molar refractivity (Wildman–Crippen MR) is 139 cm³/mol. The number of aryl methyl sites for hydroxylation is 1. The molecule has 1 saturated carbocycles. The van der Waals surface area contributed by atoms with E-state index in [-0.39, 0.29) is 27.3 Å². The van der Waals surface area contributed by atoms with Crippen molar-refractivity contribution in [3.63, 3.8) is 0 Å². The Morgan fingerprint density at radius 3 is 2.32 bits per heavy atom. The number of nitrogens with one attached hydrogen (secondary N) is 1. The van der Waals surface area contributed by atoms with Crippen LogP contribution in [0.2, 0.25) is 20.1 Å². The van der Waals surface area contributed by atoms with Gasteiger partial charge in [-0.15, -0.1) is 23.2 Å². The summed E-state index contributed by atoms with van der Waals surface area (Å²) in [7, 11) is 0. The maximum atomic E-state index is 13.0. The number of carbonyl (C=O) groups is 2. The van der Waals surface area contributed by atoms with Crippen LogP contribution < -0.4 is 5.32 Å². The fourth-order valence-corrected chi connectivity index (χ4v) is 5.46. The molecule has 4 rings (SSSR count). The smallest absolute Gasteiger partial charge is 0.231 e. The Bertz CT molecular complexity index is 1240. The Labute approximate surface area is 226 Å². The van der Waals surface area contributed by atoms with Gasteiger partial charge >= 0.3 is 0 Å². The lowest BCUT2D eigenvalue weighted by Crippen LogP contribution is -2.17. The number of benzene rings is 2. The summed E-state index contributed by atoms with van der Waals surface area (Å²) in [6.45, 7) is 0. The third kappa shape index (κ3) is 5.33. The Kier molecular flexibility index (Phi) is 7.68. The van der Waals surface area contributed by atoms with Crippen molar-refractivity contribution in [3.05, 3.63) is 91.6 Å². The van der Waals surface area contributed by atoms with E-state index in [0.29, 0.717) is 28.3 Å². The molecule has 0 radical (unpaired) electrons. The van der Waals surface area contributed by atoms with Crippen molar-refractivity contribution in [3.8, 4) is 0 Å². The number of aromatic nitrogens is 1.